The summed E-state index contributed by atoms with van der Waals surface area (Å²) in [5.41, 5.74) is 1.10. The van der Waals surface area contributed by atoms with E-state index in [1.807, 2.05) is 29.2 Å². The van der Waals surface area contributed by atoms with Crippen LogP contribution in [0.3, 0.4) is 0 Å². The molecule has 1 saturated heterocycles. The first kappa shape index (κ1) is 19.3. The molecule has 1 aliphatic heterocycles. The third-order valence-electron chi connectivity index (χ3n) is 4.33. The lowest BCUT2D eigenvalue weighted by Gasteiger charge is -2.35. The van der Waals surface area contributed by atoms with Crippen molar-refractivity contribution in [2.75, 3.05) is 46.4 Å². The number of hydrogen-bond acceptors (Lipinski definition) is 5. The number of aliphatic hydroxyl groups excluding tert-OH is 1. The maximum atomic E-state index is 11.3. The summed E-state index contributed by atoms with van der Waals surface area (Å²) in [6.07, 6.45) is 2.01. The molecule has 1 fully saturated rings. The van der Waals surface area contributed by atoms with Crippen molar-refractivity contribution >= 4 is 5.91 Å². The van der Waals surface area contributed by atoms with E-state index in [0.717, 1.165) is 25.1 Å². The van der Waals surface area contributed by atoms with E-state index in [-0.39, 0.29) is 12.5 Å². The predicted octanol–water partition coefficient (Wildman–Crippen LogP) is 1.33. The van der Waals surface area contributed by atoms with Crippen molar-refractivity contribution in [1.82, 2.24) is 9.80 Å². The molecule has 1 N–H and O–H groups in total. The summed E-state index contributed by atoms with van der Waals surface area (Å²) in [6, 6.07) is 5.74. The molecule has 0 spiro atoms. The molecule has 1 aliphatic rings. The lowest BCUT2D eigenvalue weighted by molar-refractivity contribution is -0.130. The summed E-state index contributed by atoms with van der Waals surface area (Å²) in [4.78, 5) is 15.3. The number of carbonyl (C=O) groups excluding carboxylic acids is 1. The lowest BCUT2D eigenvalue weighted by Crippen LogP contribution is -2.50. The minimum absolute atomic E-state index is 0.107. The number of β-amino-alcohol motifs (C(OH)–C–C–N with tert-alkyl or cyclic N) is 1. The minimum Gasteiger partial charge on any atom is -0.493 e. The second-order valence-corrected chi connectivity index (χ2v) is 6.25. The van der Waals surface area contributed by atoms with Gasteiger partial charge in [0.1, 0.15) is 12.7 Å². The highest BCUT2D eigenvalue weighted by Crippen LogP contribution is 2.28. The molecule has 138 valence electrons. The molecule has 0 radical (unpaired) electrons. The quantitative estimate of drug-likeness (QED) is 0.718. The number of benzene rings is 1. The average molecular weight is 348 g/mol. The Bertz CT molecular complexity index is 583. The number of allylic oxidation sites excluding steroid dienone is 1. The van der Waals surface area contributed by atoms with E-state index in [1.54, 1.807) is 14.0 Å². The number of aliphatic hydroxyl groups is 1. The first-order valence-corrected chi connectivity index (χ1v) is 8.60. The summed E-state index contributed by atoms with van der Waals surface area (Å²) in [7, 11) is 1.60. The van der Waals surface area contributed by atoms with Gasteiger partial charge in [0.25, 0.3) is 0 Å². The second-order valence-electron chi connectivity index (χ2n) is 6.25. The predicted molar refractivity (Wildman–Crippen MR) is 97.1 cm³/mol. The molecule has 1 aromatic carbocycles. The van der Waals surface area contributed by atoms with Crippen LogP contribution in [-0.4, -0.2) is 73.4 Å². The molecule has 1 atom stereocenters. The molecule has 25 heavy (non-hydrogen) atoms. The Kier molecular flexibility index (Phi) is 7.28. The third kappa shape index (κ3) is 5.76. The van der Waals surface area contributed by atoms with Crippen molar-refractivity contribution in [1.29, 1.82) is 0 Å². The largest absolute Gasteiger partial charge is 0.493 e. The smallest absolute Gasteiger partial charge is 0.219 e. The van der Waals surface area contributed by atoms with Gasteiger partial charge in [0.15, 0.2) is 11.5 Å². The van der Waals surface area contributed by atoms with Crippen LogP contribution in [0.15, 0.2) is 30.9 Å². The first-order chi connectivity index (χ1) is 12.0. The Hall–Kier alpha value is -2.05. The normalized spacial score (nSPS) is 16.4. The van der Waals surface area contributed by atoms with E-state index in [0.29, 0.717) is 31.1 Å². The van der Waals surface area contributed by atoms with E-state index >= 15 is 0 Å². The molecule has 1 amide bonds. The van der Waals surface area contributed by atoms with E-state index < -0.39 is 6.10 Å². The molecule has 0 unspecified atom stereocenters. The van der Waals surface area contributed by atoms with E-state index in [4.69, 9.17) is 9.47 Å². The molecular weight excluding hydrogens is 320 g/mol. The van der Waals surface area contributed by atoms with Crippen LogP contribution < -0.4 is 9.47 Å². The van der Waals surface area contributed by atoms with Crippen molar-refractivity contribution in [2.45, 2.75) is 19.4 Å². The molecule has 0 saturated carbocycles. The van der Waals surface area contributed by atoms with Crippen molar-refractivity contribution in [3.8, 4) is 11.5 Å². The van der Waals surface area contributed by atoms with Crippen LogP contribution in [0.4, 0.5) is 0 Å². The van der Waals surface area contributed by atoms with Crippen molar-refractivity contribution in [3.05, 3.63) is 36.4 Å². The van der Waals surface area contributed by atoms with Gasteiger partial charge < -0.3 is 19.5 Å². The van der Waals surface area contributed by atoms with E-state index in [1.165, 1.54) is 0 Å². The highest BCUT2D eigenvalue weighted by molar-refractivity contribution is 5.73. The number of hydrogen-bond donors (Lipinski definition) is 1. The number of nitrogens with zero attached hydrogens (tertiary/aromatic N) is 2. The Morgan fingerprint density at radius 2 is 2.04 bits per heavy atom. The minimum atomic E-state index is -0.596. The summed E-state index contributed by atoms with van der Waals surface area (Å²) >= 11 is 0. The topological polar surface area (TPSA) is 62.2 Å². The average Bonchev–Trinajstić information content (AvgIpc) is 2.61. The van der Waals surface area contributed by atoms with Crippen molar-refractivity contribution in [2.24, 2.45) is 0 Å². The van der Waals surface area contributed by atoms with Gasteiger partial charge >= 0.3 is 0 Å². The van der Waals surface area contributed by atoms with Crippen LogP contribution in [-0.2, 0) is 11.2 Å². The van der Waals surface area contributed by atoms with Gasteiger partial charge in [-0.25, -0.2) is 0 Å². The molecule has 6 heteroatoms. The number of rotatable bonds is 8. The van der Waals surface area contributed by atoms with Gasteiger partial charge in [0, 0.05) is 39.6 Å². The van der Waals surface area contributed by atoms with Crippen LogP contribution in [0.5, 0.6) is 11.5 Å². The maximum Gasteiger partial charge on any atom is 0.219 e. The fourth-order valence-electron chi connectivity index (χ4n) is 2.91. The van der Waals surface area contributed by atoms with Crippen LogP contribution in [0.2, 0.25) is 0 Å². The van der Waals surface area contributed by atoms with Crippen molar-refractivity contribution < 1.29 is 19.4 Å². The molecule has 0 aromatic heterocycles. The molecule has 2 rings (SSSR count). The molecule has 1 aromatic rings. The molecule has 0 aliphatic carbocycles. The van der Waals surface area contributed by atoms with Crippen molar-refractivity contribution in [3.63, 3.8) is 0 Å². The lowest BCUT2D eigenvalue weighted by atomic mass is 10.1. The Labute approximate surface area is 149 Å². The zero-order valence-electron chi connectivity index (χ0n) is 15.1. The van der Waals surface area contributed by atoms with E-state index in [9.17, 15) is 9.90 Å². The Balaban J connectivity index is 1.81. The van der Waals surface area contributed by atoms with Crippen LogP contribution >= 0.6 is 0 Å². The second kappa shape index (κ2) is 9.44. The fourth-order valence-corrected chi connectivity index (χ4v) is 2.91. The number of methoxy groups -OCH3 is 1. The number of piperazine rings is 1. The SMILES string of the molecule is C=CCc1ccc(OC[C@H](O)CN2CCN(C(C)=O)CC2)c(OC)c1. The van der Waals surface area contributed by atoms with Crippen LogP contribution in [0, 0.1) is 0 Å². The highest BCUT2D eigenvalue weighted by Gasteiger charge is 2.21. The van der Waals surface area contributed by atoms with Crippen LogP contribution in [0.1, 0.15) is 12.5 Å². The first-order valence-electron chi connectivity index (χ1n) is 8.60. The Morgan fingerprint density at radius 3 is 2.64 bits per heavy atom. The summed E-state index contributed by atoms with van der Waals surface area (Å²) in [6.45, 7) is 9.02. The van der Waals surface area contributed by atoms with E-state index in [2.05, 4.69) is 11.5 Å². The zero-order chi connectivity index (χ0) is 18.2. The van der Waals surface area contributed by atoms with Gasteiger partial charge in [-0.2, -0.15) is 0 Å². The monoisotopic (exact) mass is 348 g/mol. The number of ether oxygens (including phenoxy) is 2. The summed E-state index contributed by atoms with van der Waals surface area (Å²) in [5, 5.41) is 10.2. The summed E-state index contributed by atoms with van der Waals surface area (Å²) in [5.74, 6) is 1.38. The maximum absolute atomic E-state index is 11.3. The van der Waals surface area contributed by atoms with Gasteiger partial charge in [-0.05, 0) is 24.1 Å². The standard InChI is InChI=1S/C19H28N2O4/c1-4-5-16-6-7-18(19(12-16)24-3)25-14-17(23)13-20-8-10-21(11-9-20)15(2)22/h4,6-7,12,17,23H,1,5,8-11,13-14H2,2-3H3/t17-/m1/s1. The van der Waals surface area contributed by atoms with Gasteiger partial charge in [-0.15, -0.1) is 6.58 Å². The third-order valence-corrected chi connectivity index (χ3v) is 4.33. The van der Waals surface area contributed by atoms with Gasteiger partial charge in [0.05, 0.1) is 7.11 Å². The molecule has 0 bridgehead atoms. The highest BCUT2D eigenvalue weighted by atomic mass is 16.5. The number of carbonyl (C=O) groups is 1. The van der Waals surface area contributed by atoms with Gasteiger partial charge in [-0.3, -0.25) is 9.69 Å². The Morgan fingerprint density at radius 1 is 1.32 bits per heavy atom. The van der Waals surface area contributed by atoms with Gasteiger partial charge in [0.2, 0.25) is 5.91 Å². The molecule has 1 heterocycles. The van der Waals surface area contributed by atoms with Crippen LogP contribution in [0.25, 0.3) is 0 Å². The molecule has 6 nitrogen and oxygen atoms in total. The van der Waals surface area contributed by atoms with Gasteiger partial charge in [-0.1, -0.05) is 12.1 Å². The zero-order valence-corrected chi connectivity index (χ0v) is 15.1. The molecular formula is C19H28N2O4. The number of amides is 1. The fraction of sp³-hybridized carbons (Fsp3) is 0.526. The summed E-state index contributed by atoms with van der Waals surface area (Å²) < 4.78 is 11.1.